The normalized spacial score (nSPS) is 11.6. The fourth-order valence-corrected chi connectivity index (χ4v) is 1.51. The summed E-state index contributed by atoms with van der Waals surface area (Å²) in [6.07, 6.45) is 0.767. The number of hydrogen-bond donors (Lipinski definition) is 3. The highest BCUT2D eigenvalue weighted by atomic mass is 16.5. The monoisotopic (exact) mass is 254 g/mol. The van der Waals surface area contributed by atoms with E-state index in [2.05, 4.69) is 15.0 Å². The Kier molecular flexibility index (Phi) is 3.70. The number of ether oxygens (including phenoxy) is 1. The maximum absolute atomic E-state index is 11.6. The molecule has 0 amide bonds. The maximum Gasteiger partial charge on any atom is 0.279 e. The lowest BCUT2D eigenvalue weighted by Crippen LogP contribution is -2.23. The van der Waals surface area contributed by atoms with Gasteiger partial charge in [0.25, 0.3) is 5.56 Å². The molecular formula is C10H14N4O4. The molecule has 2 aromatic heterocycles. The van der Waals surface area contributed by atoms with Crippen molar-refractivity contribution in [2.45, 2.75) is 19.8 Å². The minimum Gasteiger partial charge on any atom is -0.394 e. The van der Waals surface area contributed by atoms with Crippen molar-refractivity contribution in [3.05, 3.63) is 22.5 Å². The molecule has 0 fully saturated rings. The number of H-pyrrole nitrogens is 1. The molecule has 8 nitrogen and oxygen atoms in total. The number of aliphatic hydroxyl groups excluding tert-OH is 2. The second kappa shape index (κ2) is 5.25. The molecule has 18 heavy (non-hydrogen) atoms. The van der Waals surface area contributed by atoms with Crippen LogP contribution in [0.5, 0.6) is 0 Å². The Balaban J connectivity index is 2.27. The quantitative estimate of drug-likeness (QED) is 0.614. The van der Waals surface area contributed by atoms with E-state index in [0.717, 1.165) is 0 Å². The van der Waals surface area contributed by atoms with E-state index in [1.807, 2.05) is 0 Å². The first-order valence-corrected chi connectivity index (χ1v) is 5.40. The smallest absolute Gasteiger partial charge is 0.279 e. The minimum absolute atomic E-state index is 0.0538. The Labute approximate surface area is 102 Å². The summed E-state index contributed by atoms with van der Waals surface area (Å²) in [5.74, 6) is 0.482. The van der Waals surface area contributed by atoms with E-state index in [1.54, 1.807) is 6.92 Å². The largest absolute Gasteiger partial charge is 0.394 e. The van der Waals surface area contributed by atoms with E-state index in [9.17, 15) is 4.79 Å². The van der Waals surface area contributed by atoms with Crippen LogP contribution >= 0.6 is 0 Å². The highest BCUT2D eigenvalue weighted by Gasteiger charge is 2.11. The first kappa shape index (κ1) is 12.7. The van der Waals surface area contributed by atoms with E-state index < -0.39 is 6.10 Å². The number of rotatable bonds is 5. The molecule has 0 aliphatic carbocycles. The molecule has 98 valence electrons. The highest BCUT2D eigenvalue weighted by Crippen LogP contribution is 2.06. The number of nitrogens with zero attached hydrogens (tertiary/aromatic N) is 3. The van der Waals surface area contributed by atoms with Gasteiger partial charge >= 0.3 is 0 Å². The lowest BCUT2D eigenvalue weighted by Gasteiger charge is -2.12. The molecule has 0 aromatic carbocycles. The zero-order valence-corrected chi connectivity index (χ0v) is 9.83. The summed E-state index contributed by atoms with van der Waals surface area (Å²) >= 11 is 0. The van der Waals surface area contributed by atoms with Crippen LogP contribution in [0.25, 0.3) is 11.2 Å². The molecule has 0 unspecified atom stereocenters. The van der Waals surface area contributed by atoms with Gasteiger partial charge in [-0.1, -0.05) is 0 Å². The van der Waals surface area contributed by atoms with Crippen molar-refractivity contribution in [2.75, 3.05) is 13.2 Å². The van der Waals surface area contributed by atoms with Crippen LogP contribution in [0.3, 0.4) is 0 Å². The number of imidazole rings is 1. The van der Waals surface area contributed by atoms with Gasteiger partial charge in [0, 0.05) is 0 Å². The summed E-state index contributed by atoms with van der Waals surface area (Å²) in [7, 11) is 0. The van der Waals surface area contributed by atoms with Crippen molar-refractivity contribution < 1.29 is 14.9 Å². The lowest BCUT2D eigenvalue weighted by atomic mass is 10.4. The Morgan fingerprint density at radius 2 is 2.22 bits per heavy atom. The average molecular weight is 254 g/mol. The molecule has 8 heteroatoms. The second-order valence-electron chi connectivity index (χ2n) is 3.82. The van der Waals surface area contributed by atoms with Gasteiger partial charge in [-0.25, -0.2) is 9.97 Å². The van der Waals surface area contributed by atoms with Gasteiger partial charge in [-0.2, -0.15) is 0 Å². The van der Waals surface area contributed by atoms with Crippen molar-refractivity contribution in [3.8, 4) is 0 Å². The minimum atomic E-state index is -0.662. The molecule has 0 bridgehead atoms. The summed E-state index contributed by atoms with van der Waals surface area (Å²) in [5.41, 5.74) is 0.330. The molecule has 0 saturated carbocycles. The van der Waals surface area contributed by atoms with Crippen LogP contribution in [-0.2, 0) is 11.5 Å². The number of aryl methyl sites for hydroxylation is 1. The second-order valence-corrected chi connectivity index (χ2v) is 3.82. The van der Waals surface area contributed by atoms with E-state index in [-0.39, 0.29) is 31.0 Å². The van der Waals surface area contributed by atoms with Gasteiger partial charge in [0.15, 0.2) is 11.2 Å². The number of aliphatic hydroxyl groups is 2. The predicted molar refractivity (Wildman–Crippen MR) is 61.9 cm³/mol. The molecule has 3 N–H and O–H groups in total. The average Bonchev–Trinajstić information content (AvgIpc) is 2.74. The SMILES string of the molecule is Cc1nc2c(ncn2COC(CO)CO)c(=O)[nH]1. The number of aromatic nitrogens is 4. The van der Waals surface area contributed by atoms with Crippen LogP contribution in [-0.4, -0.2) is 49.0 Å². The standard InChI is InChI=1S/C10H14N4O4/c1-6-12-9-8(10(17)13-6)11-4-14(9)5-18-7(2-15)3-16/h4,7,15-16H,2-3,5H2,1H3,(H,12,13,17). The summed E-state index contributed by atoms with van der Waals surface area (Å²) in [6, 6.07) is 0. The maximum atomic E-state index is 11.6. The van der Waals surface area contributed by atoms with Gasteiger partial charge in [0.2, 0.25) is 0 Å². The van der Waals surface area contributed by atoms with Gasteiger partial charge in [-0.05, 0) is 6.92 Å². The van der Waals surface area contributed by atoms with Gasteiger partial charge < -0.3 is 19.9 Å². The summed E-state index contributed by atoms with van der Waals surface area (Å²) in [4.78, 5) is 22.2. The van der Waals surface area contributed by atoms with Crippen molar-refractivity contribution in [1.82, 2.24) is 19.5 Å². The Hall–Kier alpha value is -1.77. The summed E-state index contributed by atoms with van der Waals surface area (Å²) < 4.78 is 6.78. The fourth-order valence-electron chi connectivity index (χ4n) is 1.51. The van der Waals surface area contributed by atoms with Crippen molar-refractivity contribution in [1.29, 1.82) is 0 Å². The molecule has 0 aliphatic heterocycles. The van der Waals surface area contributed by atoms with Crippen LogP contribution in [0.2, 0.25) is 0 Å². The van der Waals surface area contributed by atoms with Crippen molar-refractivity contribution >= 4 is 11.2 Å². The molecule has 0 spiro atoms. The highest BCUT2D eigenvalue weighted by molar-refractivity contribution is 5.69. The Morgan fingerprint density at radius 3 is 2.89 bits per heavy atom. The van der Waals surface area contributed by atoms with Crippen molar-refractivity contribution in [2.24, 2.45) is 0 Å². The van der Waals surface area contributed by atoms with E-state index >= 15 is 0 Å². The van der Waals surface area contributed by atoms with Gasteiger partial charge in [0.1, 0.15) is 18.7 Å². The molecule has 2 rings (SSSR count). The Morgan fingerprint density at radius 1 is 1.50 bits per heavy atom. The summed E-state index contributed by atoms with van der Waals surface area (Å²) in [6.45, 7) is 1.16. The molecule has 0 atom stereocenters. The Bertz CT molecular complexity index is 587. The number of fused-ring (bicyclic) bond motifs is 1. The number of hydrogen-bond acceptors (Lipinski definition) is 6. The lowest BCUT2D eigenvalue weighted by molar-refractivity contribution is -0.0488. The molecule has 0 radical (unpaired) electrons. The first-order chi connectivity index (χ1) is 8.65. The van der Waals surface area contributed by atoms with Crippen LogP contribution in [0.15, 0.2) is 11.1 Å². The van der Waals surface area contributed by atoms with Crippen molar-refractivity contribution in [3.63, 3.8) is 0 Å². The molecule has 0 aliphatic rings. The third kappa shape index (κ3) is 2.40. The zero-order valence-electron chi connectivity index (χ0n) is 9.83. The zero-order chi connectivity index (χ0) is 13.1. The van der Waals surface area contributed by atoms with E-state index in [0.29, 0.717) is 11.5 Å². The first-order valence-electron chi connectivity index (χ1n) is 5.40. The van der Waals surface area contributed by atoms with Crippen LogP contribution in [0, 0.1) is 6.92 Å². The van der Waals surface area contributed by atoms with Gasteiger partial charge in [-0.3, -0.25) is 9.36 Å². The number of nitrogens with one attached hydrogen (secondary N) is 1. The molecular weight excluding hydrogens is 240 g/mol. The van der Waals surface area contributed by atoms with Gasteiger partial charge in [0.05, 0.1) is 19.5 Å². The molecule has 2 heterocycles. The van der Waals surface area contributed by atoms with Crippen LogP contribution in [0.1, 0.15) is 5.82 Å². The van der Waals surface area contributed by atoms with Crippen LogP contribution in [0.4, 0.5) is 0 Å². The van der Waals surface area contributed by atoms with E-state index in [1.165, 1.54) is 10.9 Å². The van der Waals surface area contributed by atoms with Crippen LogP contribution < -0.4 is 5.56 Å². The third-order valence-corrected chi connectivity index (χ3v) is 2.45. The molecule has 2 aromatic rings. The fraction of sp³-hybridized carbons (Fsp3) is 0.500. The third-order valence-electron chi connectivity index (χ3n) is 2.45. The number of aromatic amines is 1. The van der Waals surface area contributed by atoms with Gasteiger partial charge in [-0.15, -0.1) is 0 Å². The van der Waals surface area contributed by atoms with E-state index in [4.69, 9.17) is 14.9 Å². The predicted octanol–water partition coefficient (Wildman–Crippen LogP) is -1.24. The topological polar surface area (TPSA) is 113 Å². The summed E-state index contributed by atoms with van der Waals surface area (Å²) in [5, 5.41) is 17.8. The molecule has 0 saturated heterocycles.